The predicted octanol–water partition coefficient (Wildman–Crippen LogP) is 1.54. The number of nitrogens with one attached hydrogen (secondary N) is 1. The summed E-state index contributed by atoms with van der Waals surface area (Å²) >= 11 is 0. The molecular weight excluding hydrogens is 162 g/mol. The lowest BCUT2D eigenvalue weighted by Crippen LogP contribution is -2.37. The topological polar surface area (TPSA) is 32.3 Å². The average molecular weight is 183 g/mol. The van der Waals surface area contributed by atoms with Gasteiger partial charge in [-0.25, -0.2) is 0 Å². The fraction of sp³-hybridized carbons (Fsp3) is 1.00. The van der Waals surface area contributed by atoms with Gasteiger partial charge in [-0.15, -0.1) is 0 Å². The van der Waals surface area contributed by atoms with Crippen molar-refractivity contribution in [2.24, 2.45) is 11.8 Å². The van der Waals surface area contributed by atoms with Gasteiger partial charge in [0.2, 0.25) is 0 Å². The number of hydrogen-bond acceptors (Lipinski definition) is 2. The smallest absolute Gasteiger partial charge is 0.0597 e. The highest BCUT2D eigenvalue weighted by Gasteiger charge is 2.30. The van der Waals surface area contributed by atoms with Crippen LogP contribution in [0.4, 0.5) is 0 Å². The number of rotatable bonds is 2. The van der Waals surface area contributed by atoms with Crippen molar-refractivity contribution in [3.63, 3.8) is 0 Å². The minimum atomic E-state index is 0.00426. The van der Waals surface area contributed by atoms with E-state index in [4.69, 9.17) is 0 Å². The largest absolute Gasteiger partial charge is 0.393 e. The molecule has 0 radical (unpaired) electrons. The molecule has 2 heteroatoms. The molecule has 2 fully saturated rings. The highest BCUT2D eigenvalue weighted by Crippen LogP contribution is 2.33. The summed E-state index contributed by atoms with van der Waals surface area (Å²) < 4.78 is 0. The van der Waals surface area contributed by atoms with E-state index < -0.39 is 0 Å². The van der Waals surface area contributed by atoms with E-state index in [0.29, 0.717) is 11.8 Å². The van der Waals surface area contributed by atoms with Crippen molar-refractivity contribution in [3.05, 3.63) is 0 Å². The van der Waals surface area contributed by atoms with E-state index in [9.17, 15) is 5.11 Å². The van der Waals surface area contributed by atoms with Crippen LogP contribution in [0.3, 0.4) is 0 Å². The fourth-order valence-electron chi connectivity index (χ4n) is 2.87. The standard InChI is InChI=1S/C11H21NO/c13-11(9-3-1-2-4-9)10-5-7-12-8-6-10/h9-13H,1-8H2. The van der Waals surface area contributed by atoms with Gasteiger partial charge >= 0.3 is 0 Å². The van der Waals surface area contributed by atoms with Gasteiger partial charge in [0, 0.05) is 0 Å². The Bertz CT molecular complexity index is 148. The van der Waals surface area contributed by atoms with Crippen molar-refractivity contribution in [2.45, 2.75) is 44.6 Å². The Balaban J connectivity index is 1.83. The van der Waals surface area contributed by atoms with Crippen LogP contribution >= 0.6 is 0 Å². The normalized spacial score (nSPS) is 29.3. The average Bonchev–Trinajstić information content (AvgIpc) is 2.71. The van der Waals surface area contributed by atoms with E-state index in [0.717, 1.165) is 13.1 Å². The summed E-state index contributed by atoms with van der Waals surface area (Å²) in [7, 11) is 0. The van der Waals surface area contributed by atoms with E-state index in [2.05, 4.69) is 5.32 Å². The minimum absolute atomic E-state index is 0.00426. The van der Waals surface area contributed by atoms with Gasteiger partial charge in [-0.3, -0.25) is 0 Å². The molecule has 1 aliphatic heterocycles. The van der Waals surface area contributed by atoms with Crippen LogP contribution in [0.1, 0.15) is 38.5 Å². The zero-order chi connectivity index (χ0) is 9.10. The number of piperidine rings is 1. The molecule has 1 atom stereocenters. The lowest BCUT2D eigenvalue weighted by molar-refractivity contribution is 0.0387. The molecule has 0 bridgehead atoms. The van der Waals surface area contributed by atoms with Crippen molar-refractivity contribution in [1.82, 2.24) is 5.32 Å². The third-order valence-corrected chi connectivity index (χ3v) is 3.75. The lowest BCUT2D eigenvalue weighted by Gasteiger charge is -2.30. The van der Waals surface area contributed by atoms with Crippen LogP contribution < -0.4 is 5.32 Å². The van der Waals surface area contributed by atoms with Gasteiger partial charge in [0.05, 0.1) is 6.10 Å². The van der Waals surface area contributed by atoms with Gasteiger partial charge in [0.25, 0.3) is 0 Å². The predicted molar refractivity (Wildman–Crippen MR) is 53.6 cm³/mol. The number of aliphatic hydroxyl groups excluding tert-OH is 1. The van der Waals surface area contributed by atoms with Gasteiger partial charge in [-0.1, -0.05) is 12.8 Å². The number of hydrogen-bond donors (Lipinski definition) is 2. The van der Waals surface area contributed by atoms with Gasteiger partial charge < -0.3 is 10.4 Å². The summed E-state index contributed by atoms with van der Waals surface area (Å²) in [5.74, 6) is 1.22. The van der Waals surface area contributed by atoms with Crippen LogP contribution in [-0.2, 0) is 0 Å². The van der Waals surface area contributed by atoms with Crippen molar-refractivity contribution in [3.8, 4) is 0 Å². The molecule has 2 nitrogen and oxygen atoms in total. The Hall–Kier alpha value is -0.0800. The minimum Gasteiger partial charge on any atom is -0.393 e. The second kappa shape index (κ2) is 4.43. The van der Waals surface area contributed by atoms with E-state index in [1.807, 2.05) is 0 Å². The molecule has 0 spiro atoms. The SMILES string of the molecule is OC(C1CCCC1)C1CCNCC1. The molecule has 1 unspecified atom stereocenters. The first-order chi connectivity index (χ1) is 6.38. The summed E-state index contributed by atoms with van der Waals surface area (Å²) in [6.07, 6.45) is 7.58. The van der Waals surface area contributed by atoms with E-state index in [1.165, 1.54) is 38.5 Å². The van der Waals surface area contributed by atoms with Crippen LogP contribution in [0.2, 0.25) is 0 Å². The van der Waals surface area contributed by atoms with Crippen molar-refractivity contribution in [1.29, 1.82) is 0 Å². The molecule has 2 aliphatic rings. The van der Waals surface area contributed by atoms with E-state index in [-0.39, 0.29) is 6.10 Å². The molecule has 0 aromatic rings. The molecule has 2 rings (SSSR count). The second-order valence-electron chi connectivity index (χ2n) is 4.62. The molecular formula is C11H21NO. The monoisotopic (exact) mass is 183 g/mol. The zero-order valence-electron chi connectivity index (χ0n) is 8.34. The zero-order valence-corrected chi connectivity index (χ0v) is 8.34. The first-order valence-electron chi connectivity index (χ1n) is 5.76. The third-order valence-electron chi connectivity index (χ3n) is 3.75. The summed E-state index contributed by atoms with van der Waals surface area (Å²) in [6.45, 7) is 2.21. The highest BCUT2D eigenvalue weighted by molar-refractivity contribution is 4.82. The Morgan fingerprint density at radius 3 is 2.08 bits per heavy atom. The molecule has 1 aliphatic carbocycles. The van der Waals surface area contributed by atoms with E-state index >= 15 is 0 Å². The Kier molecular flexibility index (Phi) is 3.23. The van der Waals surface area contributed by atoms with Gasteiger partial charge in [-0.2, -0.15) is 0 Å². The van der Waals surface area contributed by atoms with Gasteiger partial charge in [-0.05, 0) is 50.6 Å². The molecule has 13 heavy (non-hydrogen) atoms. The van der Waals surface area contributed by atoms with Crippen LogP contribution in [0, 0.1) is 11.8 Å². The van der Waals surface area contributed by atoms with Crippen LogP contribution in [0.15, 0.2) is 0 Å². The summed E-state index contributed by atoms with van der Waals surface area (Å²) in [5, 5.41) is 13.5. The first kappa shape index (κ1) is 9.47. The molecule has 76 valence electrons. The Labute approximate surface area is 80.7 Å². The maximum atomic E-state index is 10.1. The molecule has 0 aromatic heterocycles. The van der Waals surface area contributed by atoms with Crippen molar-refractivity contribution >= 4 is 0 Å². The fourth-order valence-corrected chi connectivity index (χ4v) is 2.87. The maximum Gasteiger partial charge on any atom is 0.0597 e. The number of aliphatic hydroxyl groups is 1. The molecule has 1 heterocycles. The summed E-state index contributed by atoms with van der Waals surface area (Å²) in [5.41, 5.74) is 0. The molecule has 2 N–H and O–H groups in total. The maximum absolute atomic E-state index is 10.1. The van der Waals surface area contributed by atoms with Gasteiger partial charge in [0.15, 0.2) is 0 Å². The molecule has 0 amide bonds. The Morgan fingerprint density at radius 1 is 0.923 bits per heavy atom. The van der Waals surface area contributed by atoms with Crippen LogP contribution in [-0.4, -0.2) is 24.3 Å². The lowest BCUT2D eigenvalue weighted by atomic mass is 9.84. The molecule has 1 saturated carbocycles. The third kappa shape index (κ3) is 2.23. The summed E-state index contributed by atoms with van der Waals surface area (Å²) in [4.78, 5) is 0. The Morgan fingerprint density at radius 2 is 1.46 bits per heavy atom. The van der Waals surface area contributed by atoms with Crippen molar-refractivity contribution in [2.75, 3.05) is 13.1 Å². The van der Waals surface area contributed by atoms with Crippen molar-refractivity contribution < 1.29 is 5.11 Å². The van der Waals surface area contributed by atoms with Crippen LogP contribution in [0.5, 0.6) is 0 Å². The summed E-state index contributed by atoms with van der Waals surface area (Å²) in [6, 6.07) is 0. The van der Waals surface area contributed by atoms with E-state index in [1.54, 1.807) is 0 Å². The second-order valence-corrected chi connectivity index (χ2v) is 4.62. The first-order valence-corrected chi connectivity index (χ1v) is 5.76. The molecule has 1 saturated heterocycles. The van der Waals surface area contributed by atoms with Crippen LogP contribution in [0.25, 0.3) is 0 Å². The van der Waals surface area contributed by atoms with Gasteiger partial charge in [0.1, 0.15) is 0 Å². The quantitative estimate of drug-likeness (QED) is 0.680. The molecule has 0 aromatic carbocycles. The highest BCUT2D eigenvalue weighted by atomic mass is 16.3.